The van der Waals surface area contributed by atoms with Crippen LogP contribution in [0, 0.1) is 11.3 Å². The summed E-state index contributed by atoms with van der Waals surface area (Å²) in [4.78, 5) is 27.3. The van der Waals surface area contributed by atoms with Gasteiger partial charge in [0.25, 0.3) is 0 Å². The third-order valence-corrected chi connectivity index (χ3v) is 7.16. The Morgan fingerprint density at radius 2 is 2.14 bits per heavy atom. The normalized spacial score (nSPS) is 16.8. The van der Waals surface area contributed by atoms with Crippen LogP contribution in [0.5, 0.6) is 0 Å². The molecule has 3 rings (SSSR count). The molecule has 4 nitrogen and oxygen atoms in total. The Hall–Kier alpha value is -1.92. The molecule has 1 amide bonds. The van der Waals surface area contributed by atoms with E-state index in [1.165, 1.54) is 22.3 Å². The van der Waals surface area contributed by atoms with Crippen molar-refractivity contribution in [2.45, 2.75) is 47.0 Å². The molecule has 0 saturated heterocycles. The smallest absolute Gasteiger partial charge is 0.341 e. The Morgan fingerprint density at radius 3 is 2.79 bits per heavy atom. The molecule has 1 aliphatic rings. The number of rotatable bonds is 5. The first-order chi connectivity index (χ1) is 13.3. The number of hydrogen-bond acceptors (Lipinski definition) is 5. The van der Waals surface area contributed by atoms with Gasteiger partial charge in [0.1, 0.15) is 5.00 Å². The lowest BCUT2D eigenvalue weighted by molar-refractivity contribution is -0.111. The Balaban J connectivity index is 1.86. The van der Waals surface area contributed by atoms with Gasteiger partial charge in [-0.05, 0) is 60.6 Å². The third-order valence-electron chi connectivity index (χ3n) is 5.15. The summed E-state index contributed by atoms with van der Waals surface area (Å²) < 4.78 is 5.29. The monoisotopic (exact) mass is 417 g/mol. The van der Waals surface area contributed by atoms with E-state index in [0.717, 1.165) is 29.7 Å². The molecule has 0 aromatic carbocycles. The zero-order valence-corrected chi connectivity index (χ0v) is 18.5. The van der Waals surface area contributed by atoms with Crippen LogP contribution in [0.15, 0.2) is 23.6 Å². The van der Waals surface area contributed by atoms with E-state index in [9.17, 15) is 9.59 Å². The van der Waals surface area contributed by atoms with Gasteiger partial charge < -0.3 is 10.1 Å². The molecule has 0 unspecified atom stereocenters. The molecule has 0 saturated carbocycles. The summed E-state index contributed by atoms with van der Waals surface area (Å²) in [6, 6.07) is 3.90. The van der Waals surface area contributed by atoms with E-state index < -0.39 is 0 Å². The van der Waals surface area contributed by atoms with Gasteiger partial charge in [0.15, 0.2) is 0 Å². The van der Waals surface area contributed by atoms with Crippen LogP contribution in [-0.2, 0) is 22.4 Å². The maximum absolute atomic E-state index is 12.6. The molecule has 1 N–H and O–H groups in total. The van der Waals surface area contributed by atoms with E-state index in [1.54, 1.807) is 24.3 Å². The molecule has 1 atom stereocenters. The Morgan fingerprint density at radius 1 is 1.36 bits per heavy atom. The summed E-state index contributed by atoms with van der Waals surface area (Å²) in [6.07, 6.45) is 6.13. The highest BCUT2D eigenvalue weighted by molar-refractivity contribution is 7.17. The van der Waals surface area contributed by atoms with Gasteiger partial charge in [-0.15, -0.1) is 22.7 Å². The van der Waals surface area contributed by atoms with E-state index in [2.05, 4.69) is 26.1 Å². The first-order valence-electron chi connectivity index (χ1n) is 9.63. The lowest BCUT2D eigenvalue weighted by Gasteiger charge is -2.33. The summed E-state index contributed by atoms with van der Waals surface area (Å²) in [5.41, 5.74) is 1.83. The lowest BCUT2D eigenvalue weighted by atomic mass is 9.72. The molecule has 0 spiro atoms. The van der Waals surface area contributed by atoms with Crippen LogP contribution in [0.4, 0.5) is 5.00 Å². The minimum absolute atomic E-state index is 0.221. The molecule has 0 radical (unpaired) electrons. The molecule has 0 fully saturated rings. The molecule has 2 heterocycles. The zero-order chi connectivity index (χ0) is 20.3. The third kappa shape index (κ3) is 4.73. The van der Waals surface area contributed by atoms with E-state index in [-0.39, 0.29) is 17.3 Å². The largest absolute Gasteiger partial charge is 0.462 e. The van der Waals surface area contributed by atoms with Gasteiger partial charge in [-0.25, -0.2) is 4.79 Å². The number of fused-ring (bicyclic) bond motifs is 1. The molecule has 28 heavy (non-hydrogen) atoms. The van der Waals surface area contributed by atoms with Gasteiger partial charge >= 0.3 is 5.97 Å². The lowest BCUT2D eigenvalue weighted by Crippen LogP contribution is -2.26. The molecule has 150 valence electrons. The summed E-state index contributed by atoms with van der Waals surface area (Å²) in [7, 11) is 0. The second-order valence-electron chi connectivity index (χ2n) is 8.07. The topological polar surface area (TPSA) is 55.4 Å². The van der Waals surface area contributed by atoms with Gasteiger partial charge in [0.2, 0.25) is 5.91 Å². The van der Waals surface area contributed by atoms with Crippen molar-refractivity contribution in [3.63, 3.8) is 0 Å². The second-order valence-corrected chi connectivity index (χ2v) is 10.2. The van der Waals surface area contributed by atoms with E-state index >= 15 is 0 Å². The van der Waals surface area contributed by atoms with Crippen LogP contribution in [-0.4, -0.2) is 18.5 Å². The van der Waals surface area contributed by atoms with Crippen molar-refractivity contribution in [2.24, 2.45) is 11.3 Å². The minimum Gasteiger partial charge on any atom is -0.462 e. The molecule has 1 aliphatic carbocycles. The highest BCUT2D eigenvalue weighted by Gasteiger charge is 2.34. The standard InChI is InChI=1S/C22H27NO3S2/c1-5-26-21(25)19-16-10-8-14(22(2,3)4)13-17(16)28-20(19)23-18(24)11-9-15-7-6-12-27-15/h6-7,9,11-12,14H,5,8,10,13H2,1-4H3,(H,23,24)/b11-9-/t14-/m0/s1. The molecular formula is C22H27NO3S2. The Kier molecular flexibility index (Phi) is 6.40. The van der Waals surface area contributed by atoms with Crippen LogP contribution in [0.1, 0.15) is 59.8 Å². The number of carbonyl (C=O) groups is 2. The fourth-order valence-corrected chi connectivity index (χ4v) is 5.47. The van der Waals surface area contributed by atoms with Crippen molar-refractivity contribution in [3.8, 4) is 0 Å². The predicted molar refractivity (Wildman–Crippen MR) is 117 cm³/mol. The number of amides is 1. The van der Waals surface area contributed by atoms with Crippen LogP contribution in [0.3, 0.4) is 0 Å². The van der Waals surface area contributed by atoms with E-state index in [4.69, 9.17) is 4.74 Å². The van der Waals surface area contributed by atoms with Crippen molar-refractivity contribution in [1.82, 2.24) is 0 Å². The fraction of sp³-hybridized carbons (Fsp3) is 0.455. The van der Waals surface area contributed by atoms with Crippen LogP contribution >= 0.6 is 22.7 Å². The number of anilines is 1. The Labute approximate surface area is 174 Å². The van der Waals surface area contributed by atoms with E-state index in [1.807, 2.05) is 17.5 Å². The number of esters is 1. The maximum atomic E-state index is 12.6. The molecule has 2 aromatic heterocycles. The number of ether oxygens (including phenoxy) is 1. The quantitative estimate of drug-likeness (QED) is 0.495. The first kappa shape index (κ1) is 20.8. The van der Waals surface area contributed by atoms with Crippen molar-refractivity contribution in [2.75, 3.05) is 11.9 Å². The number of thiophene rings is 2. The maximum Gasteiger partial charge on any atom is 0.341 e. The van der Waals surface area contributed by atoms with Crippen molar-refractivity contribution in [1.29, 1.82) is 0 Å². The number of nitrogens with one attached hydrogen (secondary N) is 1. The SMILES string of the molecule is CCOC(=O)c1c(NC(=O)/C=C\c2cccs2)sc2c1CC[C@H](C(C)(C)C)C2. The van der Waals surface area contributed by atoms with Gasteiger partial charge in [-0.3, -0.25) is 4.79 Å². The highest BCUT2D eigenvalue weighted by Crippen LogP contribution is 2.44. The molecular weight excluding hydrogens is 390 g/mol. The minimum atomic E-state index is -0.341. The first-order valence-corrected chi connectivity index (χ1v) is 11.3. The predicted octanol–water partition coefficient (Wildman–Crippen LogP) is 5.79. The van der Waals surface area contributed by atoms with E-state index in [0.29, 0.717) is 23.1 Å². The van der Waals surface area contributed by atoms with Crippen molar-refractivity contribution in [3.05, 3.63) is 44.5 Å². The van der Waals surface area contributed by atoms with Crippen molar-refractivity contribution < 1.29 is 14.3 Å². The molecule has 0 aliphatic heterocycles. The van der Waals surface area contributed by atoms with Gasteiger partial charge in [0.05, 0.1) is 12.2 Å². The van der Waals surface area contributed by atoms with Crippen molar-refractivity contribution >= 4 is 45.6 Å². The summed E-state index contributed by atoms with van der Waals surface area (Å²) >= 11 is 3.10. The van der Waals surface area contributed by atoms with Gasteiger partial charge in [-0.2, -0.15) is 0 Å². The molecule has 6 heteroatoms. The zero-order valence-electron chi connectivity index (χ0n) is 16.8. The average Bonchev–Trinajstić information content (AvgIpc) is 3.26. The van der Waals surface area contributed by atoms with Crippen LogP contribution in [0.25, 0.3) is 6.08 Å². The van der Waals surface area contributed by atoms with Crippen LogP contribution < -0.4 is 5.32 Å². The summed E-state index contributed by atoms with van der Waals surface area (Å²) in [5, 5.41) is 5.50. The molecule has 0 bridgehead atoms. The molecule has 2 aromatic rings. The van der Waals surface area contributed by atoms with Gasteiger partial charge in [-0.1, -0.05) is 26.8 Å². The van der Waals surface area contributed by atoms with Gasteiger partial charge in [0, 0.05) is 15.8 Å². The Bertz CT molecular complexity index is 872. The summed E-state index contributed by atoms with van der Waals surface area (Å²) in [6.45, 7) is 8.91. The number of hydrogen-bond donors (Lipinski definition) is 1. The fourth-order valence-electron chi connectivity index (χ4n) is 3.53. The average molecular weight is 418 g/mol. The number of carbonyl (C=O) groups excluding carboxylic acids is 2. The highest BCUT2D eigenvalue weighted by atomic mass is 32.1. The summed E-state index contributed by atoms with van der Waals surface area (Å²) in [5.74, 6) is -0.00682. The second kappa shape index (κ2) is 8.62. The van der Waals surface area contributed by atoms with Crippen LogP contribution in [0.2, 0.25) is 0 Å².